The number of hydrogen-bond donors (Lipinski definition) is 0. The lowest BCUT2D eigenvalue weighted by Crippen LogP contribution is -2.40. The number of fused-ring (bicyclic) bond motifs is 2. The Morgan fingerprint density at radius 2 is 1.82 bits per heavy atom. The fourth-order valence-corrected chi connectivity index (χ4v) is 3.29. The van der Waals surface area contributed by atoms with E-state index in [1.54, 1.807) is 0 Å². The summed E-state index contributed by atoms with van der Waals surface area (Å²) in [6.45, 7) is 4.66. The maximum absolute atomic E-state index is 6.21. The Hall–Kier alpha value is -2.29. The summed E-state index contributed by atoms with van der Waals surface area (Å²) in [6, 6.07) is 15.4. The van der Waals surface area contributed by atoms with Crippen LogP contribution >= 0.6 is 0 Å². The number of rotatable bonds is 1. The molecule has 1 aromatic carbocycles. The van der Waals surface area contributed by atoms with Gasteiger partial charge in [-0.2, -0.15) is 0 Å². The number of benzene rings is 2. The highest BCUT2D eigenvalue weighted by Crippen LogP contribution is 2.30. The molecule has 0 unspecified atom stereocenters. The van der Waals surface area contributed by atoms with E-state index >= 15 is 0 Å². The third-order valence-electron chi connectivity index (χ3n) is 4.97. The molecule has 1 aliphatic carbocycles. The molecule has 0 saturated carbocycles. The van der Waals surface area contributed by atoms with Crippen molar-refractivity contribution in [3.8, 4) is 11.3 Å². The lowest BCUT2D eigenvalue weighted by atomic mass is 10.1. The molecule has 0 amide bonds. The average molecular weight is 291 g/mol. The zero-order valence-electron chi connectivity index (χ0n) is 12.6. The number of anilines is 1. The first-order valence-electron chi connectivity index (χ1n) is 8.17. The molecule has 0 spiro atoms. The first-order chi connectivity index (χ1) is 10.9. The van der Waals surface area contributed by atoms with Crippen LogP contribution < -0.4 is 14.8 Å². The van der Waals surface area contributed by atoms with Gasteiger partial charge in [-0.25, -0.2) is 4.58 Å². The molecule has 110 valence electrons. The van der Waals surface area contributed by atoms with Crippen LogP contribution in [0.1, 0.15) is 12.8 Å². The van der Waals surface area contributed by atoms with Gasteiger partial charge in [-0.05, 0) is 30.7 Å². The van der Waals surface area contributed by atoms with Gasteiger partial charge in [-0.1, -0.05) is 0 Å². The van der Waals surface area contributed by atoms with Gasteiger partial charge in [0.15, 0.2) is 0 Å². The molecule has 3 heterocycles. The van der Waals surface area contributed by atoms with Crippen LogP contribution in [0.25, 0.3) is 22.3 Å². The number of nitrogens with zero attached hydrogens (tertiary/aromatic N) is 2. The van der Waals surface area contributed by atoms with E-state index in [1.165, 1.54) is 34.8 Å². The Morgan fingerprint density at radius 3 is 2.55 bits per heavy atom. The molecule has 3 aliphatic heterocycles. The maximum Gasteiger partial charge on any atom is 0.203 e. The second-order valence-corrected chi connectivity index (χ2v) is 6.37. The Labute approximate surface area is 129 Å². The summed E-state index contributed by atoms with van der Waals surface area (Å²) in [5.74, 6) is 0.984. The third-order valence-corrected chi connectivity index (χ3v) is 4.97. The molecule has 4 aliphatic rings. The van der Waals surface area contributed by atoms with E-state index in [2.05, 4.69) is 51.9 Å². The maximum atomic E-state index is 6.21. The highest BCUT2D eigenvalue weighted by Gasteiger charge is 2.18. The van der Waals surface area contributed by atoms with Gasteiger partial charge in [-0.3, -0.25) is 0 Å². The summed E-state index contributed by atoms with van der Waals surface area (Å²) in [4.78, 5) is 2.40. The predicted molar refractivity (Wildman–Crippen MR) is 89.3 cm³/mol. The molecule has 0 atom stereocenters. The van der Waals surface area contributed by atoms with Crippen molar-refractivity contribution in [2.45, 2.75) is 12.8 Å². The van der Waals surface area contributed by atoms with E-state index in [0.29, 0.717) is 0 Å². The summed E-state index contributed by atoms with van der Waals surface area (Å²) < 4.78 is 8.61. The van der Waals surface area contributed by atoms with Crippen molar-refractivity contribution in [3.63, 3.8) is 0 Å². The quantitative estimate of drug-likeness (QED) is 0.507. The minimum absolute atomic E-state index is 0.984. The first kappa shape index (κ1) is 12.3. The molecule has 5 rings (SSSR count). The molecule has 0 radical (unpaired) electrons. The van der Waals surface area contributed by atoms with E-state index in [9.17, 15) is 0 Å². The summed E-state index contributed by atoms with van der Waals surface area (Å²) in [7, 11) is 0. The molecule has 22 heavy (non-hydrogen) atoms. The largest absolute Gasteiger partial charge is 0.456 e. The van der Waals surface area contributed by atoms with E-state index in [0.717, 1.165) is 37.5 Å². The molecule has 3 nitrogen and oxygen atoms in total. The van der Waals surface area contributed by atoms with Crippen LogP contribution in [0.2, 0.25) is 0 Å². The highest BCUT2D eigenvalue weighted by molar-refractivity contribution is 5.85. The molecule has 2 fully saturated rings. The molecule has 2 saturated heterocycles. The predicted octanol–water partition coefficient (Wildman–Crippen LogP) is 2.92. The minimum atomic E-state index is 0.984. The van der Waals surface area contributed by atoms with Gasteiger partial charge < -0.3 is 9.32 Å². The molecule has 1 aromatic rings. The van der Waals surface area contributed by atoms with Crippen molar-refractivity contribution in [1.29, 1.82) is 0 Å². The Morgan fingerprint density at radius 1 is 0.909 bits per heavy atom. The highest BCUT2D eigenvalue weighted by atomic mass is 16.3. The second kappa shape index (κ2) is 4.60. The molecular weight excluding hydrogens is 272 g/mol. The van der Waals surface area contributed by atoms with Gasteiger partial charge in [0.25, 0.3) is 0 Å². The normalized spacial score (nSPS) is 17.6. The van der Waals surface area contributed by atoms with Crippen LogP contribution in [-0.4, -0.2) is 26.2 Å². The Bertz CT molecular complexity index is 899. The fraction of sp³-hybridized carbons (Fsp3) is 0.316. The summed E-state index contributed by atoms with van der Waals surface area (Å²) in [5.41, 5.74) is 3.44. The van der Waals surface area contributed by atoms with Crippen molar-refractivity contribution in [1.82, 2.24) is 4.58 Å². The van der Waals surface area contributed by atoms with Gasteiger partial charge in [0.2, 0.25) is 5.36 Å². The summed E-state index contributed by atoms with van der Waals surface area (Å²) in [6.07, 6.45) is 2.60. The van der Waals surface area contributed by atoms with Gasteiger partial charge in [0.1, 0.15) is 24.4 Å². The standard InChI is InChI=1S/C19H19N2O/c1-7-20(8-1)16-5-3-14-11-15-4-6-17(21-9-2-10-21)13-19(15)22-18(14)12-16/h3-6,11-13H,1-2,7-10H2/q+1. The van der Waals surface area contributed by atoms with Crippen molar-refractivity contribution >= 4 is 16.7 Å². The lowest BCUT2D eigenvalue weighted by Gasteiger charge is -2.33. The van der Waals surface area contributed by atoms with Crippen molar-refractivity contribution < 1.29 is 4.42 Å². The zero-order valence-corrected chi connectivity index (χ0v) is 12.6. The minimum Gasteiger partial charge on any atom is -0.456 e. The Kier molecular flexibility index (Phi) is 2.57. The van der Waals surface area contributed by atoms with E-state index in [-0.39, 0.29) is 0 Å². The summed E-state index contributed by atoms with van der Waals surface area (Å²) in [5, 5.41) is 2.45. The summed E-state index contributed by atoms with van der Waals surface area (Å²) >= 11 is 0. The van der Waals surface area contributed by atoms with Crippen LogP contribution in [0.5, 0.6) is 0 Å². The van der Waals surface area contributed by atoms with Crippen LogP contribution in [0.4, 0.5) is 5.69 Å². The second-order valence-electron chi connectivity index (χ2n) is 6.37. The fourth-order valence-electron chi connectivity index (χ4n) is 3.29. The topological polar surface area (TPSA) is 19.4 Å². The van der Waals surface area contributed by atoms with Gasteiger partial charge in [0.05, 0.1) is 12.5 Å². The molecule has 3 heteroatoms. The SMILES string of the molecule is c1cc(=[N+]2CCC2)cc2oc3cc(N4CCC4)ccc3cc1-2. The van der Waals surface area contributed by atoms with E-state index in [4.69, 9.17) is 4.42 Å². The smallest absolute Gasteiger partial charge is 0.203 e. The van der Waals surface area contributed by atoms with Gasteiger partial charge in [-0.15, -0.1) is 0 Å². The van der Waals surface area contributed by atoms with Crippen LogP contribution in [-0.2, 0) is 0 Å². The molecular formula is C19H19N2O+. The third kappa shape index (κ3) is 1.85. The lowest BCUT2D eigenvalue weighted by molar-refractivity contribution is 0.432. The van der Waals surface area contributed by atoms with E-state index in [1.807, 2.05) is 0 Å². The van der Waals surface area contributed by atoms with E-state index < -0.39 is 0 Å². The first-order valence-corrected chi connectivity index (χ1v) is 8.17. The molecule has 0 bridgehead atoms. The molecule has 0 N–H and O–H groups in total. The van der Waals surface area contributed by atoms with Crippen molar-refractivity contribution in [2.75, 3.05) is 31.1 Å². The van der Waals surface area contributed by atoms with Gasteiger partial charge in [0, 0.05) is 41.9 Å². The van der Waals surface area contributed by atoms with Crippen LogP contribution in [0, 0.1) is 0 Å². The zero-order chi connectivity index (χ0) is 14.5. The number of hydrogen-bond acceptors (Lipinski definition) is 2. The average Bonchev–Trinajstić information content (AvgIpc) is 2.41. The van der Waals surface area contributed by atoms with Crippen molar-refractivity contribution in [3.05, 3.63) is 47.8 Å². The monoisotopic (exact) mass is 291 g/mol. The van der Waals surface area contributed by atoms with Crippen molar-refractivity contribution in [2.24, 2.45) is 0 Å². The van der Waals surface area contributed by atoms with Gasteiger partial charge >= 0.3 is 0 Å². The van der Waals surface area contributed by atoms with Crippen LogP contribution in [0.3, 0.4) is 0 Å². The molecule has 0 aromatic heterocycles. The van der Waals surface area contributed by atoms with Crippen LogP contribution in [0.15, 0.2) is 46.9 Å². The Balaban J connectivity index is 1.70.